The number of carboxylic acid groups (broad SMARTS) is 1. The number of benzene rings is 1. The maximum absolute atomic E-state index is 13.0. The van der Waals surface area contributed by atoms with Crippen LogP contribution in [-0.4, -0.2) is 23.8 Å². The Labute approximate surface area is 101 Å². The number of carbonyl (C=O) groups is 1. The summed E-state index contributed by atoms with van der Waals surface area (Å²) in [5.74, 6) is -3.23. The van der Waals surface area contributed by atoms with Crippen LogP contribution in [0.2, 0.25) is 0 Å². The summed E-state index contributed by atoms with van der Waals surface area (Å²) in [5, 5.41) is 9.21. The molecular weight excluding hydrogens is 246 g/mol. The molecule has 0 amide bonds. The fourth-order valence-electron chi connectivity index (χ4n) is 2.50. The minimum Gasteiger partial charge on any atom is -0.481 e. The zero-order valence-corrected chi connectivity index (χ0v) is 9.28. The smallest absolute Gasteiger partial charge is 0.314 e. The lowest BCUT2D eigenvalue weighted by molar-refractivity contribution is -0.174. The molecule has 18 heavy (non-hydrogen) atoms. The predicted octanol–water partition coefficient (Wildman–Crippen LogP) is 2.17. The maximum atomic E-state index is 13.0. The molecule has 0 radical (unpaired) electrons. The Balaban J connectivity index is 2.00. The van der Waals surface area contributed by atoms with E-state index in [0.717, 1.165) is 0 Å². The van der Waals surface area contributed by atoms with Crippen molar-refractivity contribution in [2.45, 2.75) is 24.2 Å². The average molecular weight is 256 g/mol. The van der Waals surface area contributed by atoms with E-state index in [1.165, 1.54) is 12.1 Å². The van der Waals surface area contributed by atoms with E-state index >= 15 is 0 Å². The van der Waals surface area contributed by atoms with Crippen molar-refractivity contribution >= 4 is 5.97 Å². The Morgan fingerprint density at radius 3 is 2.50 bits per heavy atom. The first-order valence-electron chi connectivity index (χ1n) is 5.44. The van der Waals surface area contributed by atoms with Gasteiger partial charge in [-0.15, -0.1) is 0 Å². The van der Waals surface area contributed by atoms with Gasteiger partial charge in [0, 0.05) is 12.8 Å². The summed E-state index contributed by atoms with van der Waals surface area (Å²) >= 11 is 0. The zero-order chi connectivity index (χ0) is 13.0. The molecule has 3 rings (SSSR count). The number of carboxylic acids is 1. The molecule has 0 unspecified atom stereocenters. The maximum Gasteiger partial charge on any atom is 0.314 e. The molecule has 1 aromatic rings. The molecule has 1 heterocycles. The van der Waals surface area contributed by atoms with Gasteiger partial charge in [-0.25, -0.2) is 8.78 Å². The molecule has 1 fully saturated rings. The highest BCUT2D eigenvalue weighted by molar-refractivity contribution is 5.83. The molecule has 96 valence electrons. The second-order valence-electron chi connectivity index (χ2n) is 4.66. The number of fused-ring (bicyclic) bond motifs is 1. The Kier molecular flexibility index (Phi) is 2.09. The molecule has 1 saturated carbocycles. The Morgan fingerprint density at radius 1 is 1.22 bits per heavy atom. The molecule has 0 spiro atoms. The lowest BCUT2D eigenvalue weighted by Gasteiger charge is -2.44. The topological polar surface area (TPSA) is 55.8 Å². The van der Waals surface area contributed by atoms with E-state index in [9.17, 15) is 18.7 Å². The van der Waals surface area contributed by atoms with Crippen LogP contribution < -0.4 is 9.47 Å². The van der Waals surface area contributed by atoms with Crippen LogP contribution in [0.5, 0.6) is 11.5 Å². The van der Waals surface area contributed by atoms with Crippen molar-refractivity contribution in [3.05, 3.63) is 23.8 Å². The summed E-state index contributed by atoms with van der Waals surface area (Å²) in [4.78, 5) is 11.3. The Hall–Kier alpha value is -1.85. The van der Waals surface area contributed by atoms with Gasteiger partial charge in [-0.3, -0.25) is 4.79 Å². The SMILES string of the molecule is O=C(O)C1(c2ccc3c(c2)OCO3)CC(F)(F)C1. The van der Waals surface area contributed by atoms with Gasteiger partial charge in [0.05, 0.1) is 0 Å². The highest BCUT2D eigenvalue weighted by Crippen LogP contribution is 2.54. The summed E-state index contributed by atoms with van der Waals surface area (Å²) < 4.78 is 36.3. The van der Waals surface area contributed by atoms with Crippen LogP contribution in [-0.2, 0) is 10.2 Å². The molecule has 0 bridgehead atoms. The van der Waals surface area contributed by atoms with Gasteiger partial charge in [0.15, 0.2) is 11.5 Å². The summed E-state index contributed by atoms with van der Waals surface area (Å²) in [6, 6.07) is 4.54. The monoisotopic (exact) mass is 256 g/mol. The van der Waals surface area contributed by atoms with Crippen molar-refractivity contribution in [3.63, 3.8) is 0 Å². The van der Waals surface area contributed by atoms with E-state index in [2.05, 4.69) is 0 Å². The third-order valence-electron chi connectivity index (χ3n) is 3.46. The Morgan fingerprint density at radius 2 is 1.89 bits per heavy atom. The van der Waals surface area contributed by atoms with Crippen LogP contribution in [0, 0.1) is 0 Å². The fourth-order valence-corrected chi connectivity index (χ4v) is 2.50. The lowest BCUT2D eigenvalue weighted by atomic mass is 9.62. The highest BCUT2D eigenvalue weighted by atomic mass is 19.3. The quantitative estimate of drug-likeness (QED) is 0.881. The minimum atomic E-state index is -2.91. The zero-order valence-electron chi connectivity index (χ0n) is 9.28. The van der Waals surface area contributed by atoms with E-state index in [0.29, 0.717) is 17.1 Å². The van der Waals surface area contributed by atoms with Gasteiger partial charge in [0.25, 0.3) is 5.92 Å². The third-order valence-corrected chi connectivity index (χ3v) is 3.46. The van der Waals surface area contributed by atoms with Crippen LogP contribution in [0.3, 0.4) is 0 Å². The minimum absolute atomic E-state index is 0.0645. The van der Waals surface area contributed by atoms with Crippen molar-refractivity contribution in [2.24, 2.45) is 0 Å². The summed E-state index contributed by atoms with van der Waals surface area (Å²) in [5.41, 5.74) is -1.17. The van der Waals surface area contributed by atoms with Crippen molar-refractivity contribution < 1.29 is 28.2 Å². The molecule has 0 atom stereocenters. The molecule has 0 aromatic heterocycles. The molecule has 6 heteroatoms. The van der Waals surface area contributed by atoms with Crippen LogP contribution in [0.4, 0.5) is 8.78 Å². The van der Waals surface area contributed by atoms with Crippen molar-refractivity contribution in [1.29, 1.82) is 0 Å². The molecule has 0 saturated heterocycles. The first kappa shape index (κ1) is 11.3. The number of hydrogen-bond acceptors (Lipinski definition) is 3. The van der Waals surface area contributed by atoms with Crippen molar-refractivity contribution in [2.75, 3.05) is 6.79 Å². The molecule has 1 aromatic carbocycles. The molecule has 1 N–H and O–H groups in total. The van der Waals surface area contributed by atoms with Gasteiger partial charge in [-0.1, -0.05) is 6.07 Å². The van der Waals surface area contributed by atoms with E-state index in [4.69, 9.17) is 9.47 Å². The molecule has 1 aliphatic heterocycles. The summed E-state index contributed by atoms with van der Waals surface area (Å²) in [6.07, 6.45) is -1.34. The lowest BCUT2D eigenvalue weighted by Crippen LogP contribution is -2.54. The van der Waals surface area contributed by atoms with Crippen LogP contribution >= 0.6 is 0 Å². The van der Waals surface area contributed by atoms with Gasteiger partial charge < -0.3 is 14.6 Å². The largest absolute Gasteiger partial charge is 0.481 e. The van der Waals surface area contributed by atoms with Crippen molar-refractivity contribution in [3.8, 4) is 11.5 Å². The number of halogens is 2. The number of alkyl halides is 2. The first-order valence-corrected chi connectivity index (χ1v) is 5.44. The van der Waals surface area contributed by atoms with Gasteiger partial charge in [-0.2, -0.15) is 0 Å². The van der Waals surface area contributed by atoms with Crippen LogP contribution in [0.15, 0.2) is 18.2 Å². The molecule has 4 nitrogen and oxygen atoms in total. The first-order chi connectivity index (χ1) is 8.43. The summed E-state index contributed by atoms with van der Waals surface area (Å²) in [7, 11) is 0. The normalized spacial score (nSPS) is 22.3. The van der Waals surface area contributed by atoms with Gasteiger partial charge in [0.1, 0.15) is 5.41 Å². The number of ether oxygens (including phenoxy) is 2. The number of rotatable bonds is 2. The van der Waals surface area contributed by atoms with Gasteiger partial charge in [0.2, 0.25) is 6.79 Å². The van der Waals surface area contributed by atoms with E-state index < -0.39 is 30.1 Å². The fraction of sp³-hybridized carbons (Fsp3) is 0.417. The standard InChI is InChI=1S/C12H10F2O4/c13-12(14)4-11(5-12,10(15)16)7-1-2-8-9(3-7)18-6-17-8/h1-3H,4-6H2,(H,15,16). The second-order valence-corrected chi connectivity index (χ2v) is 4.66. The van der Waals surface area contributed by atoms with Crippen LogP contribution in [0.25, 0.3) is 0 Å². The second kappa shape index (κ2) is 3.34. The number of aliphatic carboxylic acids is 1. The third kappa shape index (κ3) is 1.45. The van der Waals surface area contributed by atoms with E-state index in [-0.39, 0.29) is 6.79 Å². The molecule has 2 aliphatic rings. The van der Waals surface area contributed by atoms with E-state index in [1.54, 1.807) is 6.07 Å². The van der Waals surface area contributed by atoms with Gasteiger partial charge >= 0.3 is 5.97 Å². The average Bonchev–Trinajstić information content (AvgIpc) is 2.71. The highest BCUT2D eigenvalue weighted by Gasteiger charge is 2.62. The van der Waals surface area contributed by atoms with Crippen LogP contribution in [0.1, 0.15) is 18.4 Å². The summed E-state index contributed by atoms with van der Waals surface area (Å²) in [6.45, 7) is 0.0645. The van der Waals surface area contributed by atoms with Crippen molar-refractivity contribution in [1.82, 2.24) is 0 Å². The van der Waals surface area contributed by atoms with E-state index in [1.807, 2.05) is 0 Å². The predicted molar refractivity (Wildman–Crippen MR) is 56.1 cm³/mol. The number of hydrogen-bond donors (Lipinski definition) is 1. The molecular formula is C12H10F2O4. The Bertz CT molecular complexity index is 519. The molecule has 1 aliphatic carbocycles. The van der Waals surface area contributed by atoms with Gasteiger partial charge in [-0.05, 0) is 17.7 Å².